The van der Waals surface area contributed by atoms with Crippen molar-refractivity contribution in [1.82, 2.24) is 9.78 Å². The Kier molecular flexibility index (Phi) is 5.15. The van der Waals surface area contributed by atoms with E-state index in [-0.39, 0.29) is 13.2 Å². The lowest BCUT2D eigenvalue weighted by molar-refractivity contribution is -0.152. The number of para-hydroxylation sites is 1. The quantitative estimate of drug-likeness (QED) is 0.648. The van der Waals surface area contributed by atoms with Crippen LogP contribution < -0.4 is 14.8 Å². The Morgan fingerprint density at radius 2 is 1.97 bits per heavy atom. The Morgan fingerprint density at radius 1 is 1.17 bits per heavy atom. The molecule has 1 amide bonds. The molecule has 8 heteroatoms. The molecular formula is C21H19N3O5. The van der Waals surface area contributed by atoms with E-state index in [1.807, 2.05) is 30.3 Å². The van der Waals surface area contributed by atoms with Crippen molar-refractivity contribution in [3.8, 4) is 17.2 Å². The normalized spacial score (nSPS) is 13.0. The Balaban J connectivity index is 1.31. The lowest BCUT2D eigenvalue weighted by Gasteiger charge is -2.13. The molecule has 1 aliphatic rings. The van der Waals surface area contributed by atoms with E-state index in [0.717, 1.165) is 5.69 Å². The summed E-state index contributed by atoms with van der Waals surface area (Å²) in [6.45, 7) is 1.68. The van der Waals surface area contributed by atoms with Gasteiger partial charge in [-0.25, -0.2) is 4.68 Å². The highest BCUT2D eigenvalue weighted by Crippen LogP contribution is 2.34. The van der Waals surface area contributed by atoms with Gasteiger partial charge < -0.3 is 19.5 Å². The maximum atomic E-state index is 12.3. The molecule has 29 heavy (non-hydrogen) atoms. The van der Waals surface area contributed by atoms with Crippen LogP contribution in [0.3, 0.4) is 0 Å². The molecule has 0 radical (unpaired) electrons. The van der Waals surface area contributed by atoms with E-state index in [1.54, 1.807) is 35.3 Å². The van der Waals surface area contributed by atoms with Gasteiger partial charge in [-0.2, -0.15) is 5.10 Å². The van der Waals surface area contributed by atoms with E-state index >= 15 is 0 Å². The van der Waals surface area contributed by atoms with Crippen LogP contribution in [0.25, 0.3) is 5.69 Å². The molecule has 2 heterocycles. The summed E-state index contributed by atoms with van der Waals surface area (Å²) in [7, 11) is 0. The molecule has 8 nitrogen and oxygen atoms in total. The minimum Gasteiger partial charge on any atom is -0.454 e. The molecule has 4 rings (SSSR count). The van der Waals surface area contributed by atoms with Crippen molar-refractivity contribution in [3.63, 3.8) is 0 Å². The van der Waals surface area contributed by atoms with Crippen LogP contribution in [-0.2, 0) is 20.7 Å². The summed E-state index contributed by atoms with van der Waals surface area (Å²) < 4.78 is 17.4. The molecule has 2 aromatic carbocycles. The molecule has 0 aliphatic carbocycles. The average molecular weight is 393 g/mol. The van der Waals surface area contributed by atoms with Crippen LogP contribution in [0.4, 0.5) is 5.69 Å². The minimum absolute atomic E-state index is 0.0223. The van der Waals surface area contributed by atoms with Crippen molar-refractivity contribution < 1.29 is 23.8 Å². The number of rotatable bonds is 6. The molecule has 0 saturated heterocycles. The second-order valence-electron chi connectivity index (χ2n) is 6.49. The van der Waals surface area contributed by atoms with Crippen LogP contribution in [0, 0.1) is 0 Å². The lowest BCUT2D eigenvalue weighted by Crippen LogP contribution is -2.30. The Hall–Kier alpha value is -3.81. The van der Waals surface area contributed by atoms with Gasteiger partial charge in [0, 0.05) is 23.5 Å². The molecule has 148 valence electrons. The number of carbonyl (C=O) groups excluding carboxylic acids is 2. The molecule has 1 atom stereocenters. The highest BCUT2D eigenvalue weighted by molar-refractivity contribution is 5.95. The number of ether oxygens (including phenoxy) is 3. The SMILES string of the molecule is CC(OC(=O)Cc1cnn(-c2ccccc2)c1)C(=O)Nc1ccc2c(c1)OCO2. The van der Waals surface area contributed by atoms with E-state index in [0.29, 0.717) is 22.7 Å². The van der Waals surface area contributed by atoms with E-state index in [2.05, 4.69) is 10.4 Å². The first kappa shape index (κ1) is 18.5. The van der Waals surface area contributed by atoms with E-state index < -0.39 is 18.0 Å². The fourth-order valence-electron chi connectivity index (χ4n) is 2.85. The summed E-state index contributed by atoms with van der Waals surface area (Å²) in [5.41, 5.74) is 2.12. The summed E-state index contributed by atoms with van der Waals surface area (Å²) in [6, 6.07) is 14.6. The van der Waals surface area contributed by atoms with Crippen molar-refractivity contribution in [3.05, 3.63) is 66.5 Å². The standard InChI is InChI=1S/C21H19N3O5/c1-14(21(26)23-16-7-8-18-19(10-16)28-13-27-18)29-20(25)9-15-11-22-24(12-15)17-5-3-2-4-6-17/h2-8,10-12,14H,9,13H2,1H3,(H,23,26). The molecule has 1 aromatic heterocycles. The Morgan fingerprint density at radius 3 is 2.79 bits per heavy atom. The van der Waals surface area contributed by atoms with Gasteiger partial charge in [-0.3, -0.25) is 9.59 Å². The third-order valence-corrected chi connectivity index (χ3v) is 4.32. The summed E-state index contributed by atoms with van der Waals surface area (Å²) in [5, 5.41) is 6.94. The monoisotopic (exact) mass is 393 g/mol. The Labute approximate surface area is 167 Å². The molecule has 1 N–H and O–H groups in total. The van der Waals surface area contributed by atoms with Gasteiger partial charge in [-0.05, 0) is 31.2 Å². The molecule has 0 bridgehead atoms. The van der Waals surface area contributed by atoms with Crippen LogP contribution in [0.2, 0.25) is 0 Å². The van der Waals surface area contributed by atoms with E-state index in [1.165, 1.54) is 6.92 Å². The highest BCUT2D eigenvalue weighted by Gasteiger charge is 2.20. The maximum absolute atomic E-state index is 12.3. The van der Waals surface area contributed by atoms with Gasteiger partial charge in [-0.15, -0.1) is 0 Å². The number of hydrogen-bond donors (Lipinski definition) is 1. The van der Waals surface area contributed by atoms with Crippen molar-refractivity contribution in [2.45, 2.75) is 19.4 Å². The first-order valence-corrected chi connectivity index (χ1v) is 9.07. The van der Waals surface area contributed by atoms with Crippen molar-refractivity contribution in [2.75, 3.05) is 12.1 Å². The zero-order valence-corrected chi connectivity index (χ0v) is 15.7. The molecule has 1 unspecified atom stereocenters. The van der Waals surface area contributed by atoms with Crippen molar-refractivity contribution in [2.24, 2.45) is 0 Å². The van der Waals surface area contributed by atoms with Crippen molar-refractivity contribution >= 4 is 17.6 Å². The van der Waals surface area contributed by atoms with Crippen molar-refractivity contribution in [1.29, 1.82) is 0 Å². The van der Waals surface area contributed by atoms with Crippen LogP contribution in [-0.4, -0.2) is 34.6 Å². The molecule has 0 saturated carbocycles. The summed E-state index contributed by atoms with van der Waals surface area (Å²) >= 11 is 0. The number of carbonyl (C=O) groups is 2. The van der Waals surface area contributed by atoms with E-state index in [9.17, 15) is 9.59 Å². The number of nitrogens with one attached hydrogen (secondary N) is 1. The second-order valence-corrected chi connectivity index (χ2v) is 6.49. The van der Waals surface area contributed by atoms with Gasteiger partial charge in [0.2, 0.25) is 6.79 Å². The average Bonchev–Trinajstić information content (AvgIpc) is 3.37. The summed E-state index contributed by atoms with van der Waals surface area (Å²) in [5.74, 6) is 0.240. The topological polar surface area (TPSA) is 91.7 Å². The third kappa shape index (κ3) is 4.37. The minimum atomic E-state index is -0.947. The van der Waals surface area contributed by atoms with Gasteiger partial charge in [0.05, 0.1) is 18.3 Å². The number of fused-ring (bicyclic) bond motifs is 1. The van der Waals surface area contributed by atoms with Gasteiger partial charge in [0.25, 0.3) is 5.91 Å². The zero-order valence-electron chi connectivity index (χ0n) is 15.7. The number of esters is 1. The van der Waals surface area contributed by atoms with Gasteiger partial charge in [-0.1, -0.05) is 18.2 Å². The first-order valence-electron chi connectivity index (χ1n) is 9.07. The summed E-state index contributed by atoms with van der Waals surface area (Å²) in [6.07, 6.45) is 2.44. The largest absolute Gasteiger partial charge is 0.454 e. The number of amides is 1. The number of anilines is 1. The van der Waals surface area contributed by atoms with Gasteiger partial charge in [0.1, 0.15) is 0 Å². The van der Waals surface area contributed by atoms with Gasteiger partial charge in [0.15, 0.2) is 17.6 Å². The fraction of sp³-hybridized carbons (Fsp3) is 0.190. The lowest BCUT2D eigenvalue weighted by atomic mass is 10.2. The number of aromatic nitrogens is 2. The van der Waals surface area contributed by atoms with Crippen LogP contribution in [0.15, 0.2) is 60.9 Å². The zero-order chi connectivity index (χ0) is 20.2. The first-order chi connectivity index (χ1) is 14.1. The molecule has 3 aromatic rings. The highest BCUT2D eigenvalue weighted by atomic mass is 16.7. The maximum Gasteiger partial charge on any atom is 0.311 e. The van der Waals surface area contributed by atoms with Crippen LogP contribution in [0.1, 0.15) is 12.5 Å². The number of benzene rings is 2. The Bertz CT molecular complexity index is 1030. The molecular weight excluding hydrogens is 374 g/mol. The predicted octanol–water partition coefficient (Wildman–Crippen LogP) is 2.71. The molecule has 0 fully saturated rings. The smallest absolute Gasteiger partial charge is 0.311 e. The van der Waals surface area contributed by atoms with E-state index in [4.69, 9.17) is 14.2 Å². The van der Waals surface area contributed by atoms with Crippen LogP contribution >= 0.6 is 0 Å². The predicted molar refractivity (Wildman–Crippen MR) is 104 cm³/mol. The second kappa shape index (κ2) is 8.05. The van der Waals surface area contributed by atoms with Crippen LogP contribution in [0.5, 0.6) is 11.5 Å². The summed E-state index contributed by atoms with van der Waals surface area (Å²) in [4.78, 5) is 24.5. The van der Waals surface area contributed by atoms with Gasteiger partial charge >= 0.3 is 5.97 Å². The number of hydrogen-bond acceptors (Lipinski definition) is 6. The fourth-order valence-corrected chi connectivity index (χ4v) is 2.85. The third-order valence-electron chi connectivity index (χ3n) is 4.32. The number of nitrogens with zero attached hydrogens (tertiary/aromatic N) is 2. The molecule has 1 aliphatic heterocycles. The molecule has 0 spiro atoms.